The molecular formula is C24H30N4O5S. The number of carbonyl (C=O) groups excluding carboxylic acids is 2. The Labute approximate surface area is 202 Å². The number of amides is 1. The molecule has 9 nitrogen and oxygen atoms in total. The molecule has 0 unspecified atom stereocenters. The third-order valence-corrected chi connectivity index (χ3v) is 7.14. The Morgan fingerprint density at radius 1 is 1.12 bits per heavy atom. The maximum Gasteiger partial charge on any atom is 0.348 e. The highest BCUT2D eigenvalue weighted by Crippen LogP contribution is 2.28. The molecule has 182 valence electrons. The van der Waals surface area contributed by atoms with Gasteiger partial charge < -0.3 is 14.8 Å². The number of aromatic nitrogens is 2. The quantitative estimate of drug-likeness (QED) is 0.343. The minimum atomic E-state index is -0.427. The first kappa shape index (κ1) is 24.4. The number of morpholine rings is 1. The molecule has 2 aromatic rings. The van der Waals surface area contributed by atoms with Gasteiger partial charge in [-0.15, -0.1) is 0 Å². The number of nitrogens with one attached hydrogen (secondary N) is 1. The molecule has 1 aliphatic carbocycles. The smallest absolute Gasteiger partial charge is 0.348 e. The minimum Gasteiger partial charge on any atom is -0.465 e. The molecule has 1 aliphatic heterocycles. The van der Waals surface area contributed by atoms with Crippen molar-refractivity contribution in [2.75, 3.05) is 51.0 Å². The number of ether oxygens (including phenoxy) is 2. The summed E-state index contributed by atoms with van der Waals surface area (Å²) in [6.45, 7) is 4.68. The van der Waals surface area contributed by atoms with Gasteiger partial charge in [0, 0.05) is 43.1 Å². The van der Waals surface area contributed by atoms with Crippen LogP contribution in [0, 0.1) is 0 Å². The third kappa shape index (κ3) is 6.05. The van der Waals surface area contributed by atoms with Gasteiger partial charge in [-0.1, -0.05) is 11.8 Å². The molecule has 0 radical (unpaired) electrons. The number of methoxy groups -OCH3 is 1. The molecule has 0 bridgehead atoms. The highest BCUT2D eigenvalue weighted by Gasteiger charge is 2.22. The third-order valence-electron chi connectivity index (χ3n) is 6.12. The zero-order valence-electron chi connectivity index (χ0n) is 19.4. The van der Waals surface area contributed by atoms with Crippen LogP contribution in [0.3, 0.4) is 0 Å². The molecule has 2 heterocycles. The first-order valence-corrected chi connectivity index (χ1v) is 12.6. The number of hydrogen-bond donors (Lipinski definition) is 1. The Morgan fingerprint density at radius 3 is 2.59 bits per heavy atom. The topological polar surface area (TPSA) is 103 Å². The fourth-order valence-corrected chi connectivity index (χ4v) is 5.18. The molecule has 1 aromatic heterocycles. The van der Waals surface area contributed by atoms with Crippen LogP contribution in [-0.2, 0) is 33.7 Å². The zero-order valence-corrected chi connectivity index (χ0v) is 20.2. The van der Waals surface area contributed by atoms with E-state index < -0.39 is 5.97 Å². The van der Waals surface area contributed by atoms with Gasteiger partial charge in [0.25, 0.3) is 0 Å². The second-order valence-electron chi connectivity index (χ2n) is 8.34. The Morgan fingerprint density at radius 2 is 1.85 bits per heavy atom. The molecular weight excluding hydrogens is 456 g/mol. The van der Waals surface area contributed by atoms with E-state index in [0.717, 1.165) is 69.8 Å². The van der Waals surface area contributed by atoms with Crippen LogP contribution in [0.4, 0.5) is 5.69 Å². The van der Waals surface area contributed by atoms with E-state index in [4.69, 9.17) is 4.74 Å². The maximum absolute atomic E-state index is 12.9. The molecule has 1 saturated heterocycles. The summed E-state index contributed by atoms with van der Waals surface area (Å²) in [5, 5.41) is 3.49. The van der Waals surface area contributed by atoms with Crippen molar-refractivity contribution in [1.82, 2.24) is 14.5 Å². The van der Waals surface area contributed by atoms with E-state index in [2.05, 4.69) is 19.9 Å². The van der Waals surface area contributed by atoms with Gasteiger partial charge in [0.05, 0.1) is 31.6 Å². The second kappa shape index (κ2) is 11.6. The van der Waals surface area contributed by atoms with Crippen LogP contribution in [0.2, 0.25) is 0 Å². The van der Waals surface area contributed by atoms with E-state index in [0.29, 0.717) is 22.8 Å². The van der Waals surface area contributed by atoms with E-state index in [1.165, 1.54) is 18.9 Å². The van der Waals surface area contributed by atoms with Crippen molar-refractivity contribution < 1.29 is 19.1 Å². The van der Waals surface area contributed by atoms with Crippen molar-refractivity contribution in [1.29, 1.82) is 0 Å². The number of esters is 1. The number of hydrogen-bond acceptors (Lipinski definition) is 8. The number of nitrogens with zero attached hydrogens (tertiary/aromatic N) is 3. The summed E-state index contributed by atoms with van der Waals surface area (Å²) in [5.41, 5.74) is 2.94. The first-order chi connectivity index (χ1) is 16.5. The first-order valence-electron chi connectivity index (χ1n) is 11.6. The fraction of sp³-hybridized carbons (Fsp3) is 0.500. The van der Waals surface area contributed by atoms with Crippen molar-refractivity contribution in [2.45, 2.75) is 37.3 Å². The summed E-state index contributed by atoms with van der Waals surface area (Å²) in [6, 6.07) is 6.52. The SMILES string of the molecule is COC(=O)c1ccc(NC(=O)CSc2nc(=O)n(CCN3CCOCC3)c3c2CCCC3)cc1. The monoisotopic (exact) mass is 486 g/mol. The Balaban J connectivity index is 1.40. The second-order valence-corrected chi connectivity index (χ2v) is 9.31. The van der Waals surface area contributed by atoms with Gasteiger partial charge in [0.15, 0.2) is 0 Å². The molecule has 0 saturated carbocycles. The van der Waals surface area contributed by atoms with Gasteiger partial charge in [-0.2, -0.15) is 4.98 Å². The molecule has 2 aliphatic rings. The lowest BCUT2D eigenvalue weighted by atomic mass is 9.97. The summed E-state index contributed by atoms with van der Waals surface area (Å²) < 4.78 is 11.9. The highest BCUT2D eigenvalue weighted by molar-refractivity contribution is 8.00. The summed E-state index contributed by atoms with van der Waals surface area (Å²) in [5.74, 6) is -0.474. The molecule has 1 aromatic carbocycles. The van der Waals surface area contributed by atoms with E-state index in [-0.39, 0.29) is 17.3 Å². The number of fused-ring (bicyclic) bond motifs is 1. The molecule has 1 fully saturated rings. The Bertz CT molecular complexity index is 1080. The van der Waals surface area contributed by atoms with Gasteiger partial charge in [0.1, 0.15) is 5.03 Å². The van der Waals surface area contributed by atoms with Crippen LogP contribution in [0.1, 0.15) is 34.5 Å². The lowest BCUT2D eigenvalue weighted by Crippen LogP contribution is -2.40. The number of benzene rings is 1. The average Bonchev–Trinajstić information content (AvgIpc) is 2.87. The minimum absolute atomic E-state index is 0.148. The molecule has 34 heavy (non-hydrogen) atoms. The Hall–Kier alpha value is -2.69. The Kier molecular flexibility index (Phi) is 8.36. The van der Waals surface area contributed by atoms with Crippen LogP contribution < -0.4 is 11.0 Å². The highest BCUT2D eigenvalue weighted by atomic mass is 32.2. The van der Waals surface area contributed by atoms with Crippen LogP contribution >= 0.6 is 11.8 Å². The number of anilines is 1. The average molecular weight is 487 g/mol. The van der Waals surface area contributed by atoms with Crippen molar-refractivity contribution in [3.05, 3.63) is 51.6 Å². The predicted molar refractivity (Wildman–Crippen MR) is 130 cm³/mol. The van der Waals surface area contributed by atoms with Gasteiger partial charge in [-0.05, 0) is 49.9 Å². The van der Waals surface area contributed by atoms with Gasteiger partial charge in [-0.3, -0.25) is 14.3 Å². The lowest BCUT2D eigenvalue weighted by molar-refractivity contribution is -0.113. The predicted octanol–water partition coefficient (Wildman–Crippen LogP) is 1.97. The normalized spacial score (nSPS) is 16.0. The van der Waals surface area contributed by atoms with Crippen LogP contribution in [0.5, 0.6) is 0 Å². The van der Waals surface area contributed by atoms with Gasteiger partial charge in [-0.25, -0.2) is 9.59 Å². The van der Waals surface area contributed by atoms with Gasteiger partial charge >= 0.3 is 11.7 Å². The van der Waals surface area contributed by atoms with E-state index in [1.54, 1.807) is 24.3 Å². The lowest BCUT2D eigenvalue weighted by Gasteiger charge is -2.28. The zero-order chi connectivity index (χ0) is 23.9. The van der Waals surface area contributed by atoms with Crippen molar-refractivity contribution >= 4 is 29.3 Å². The molecule has 1 N–H and O–H groups in total. The van der Waals surface area contributed by atoms with E-state index in [9.17, 15) is 14.4 Å². The molecule has 1 amide bonds. The fourth-order valence-electron chi connectivity index (χ4n) is 4.30. The summed E-state index contributed by atoms with van der Waals surface area (Å²) in [6.07, 6.45) is 3.85. The van der Waals surface area contributed by atoms with Crippen LogP contribution in [0.15, 0.2) is 34.1 Å². The maximum atomic E-state index is 12.9. The van der Waals surface area contributed by atoms with Crippen molar-refractivity contribution in [3.8, 4) is 0 Å². The van der Waals surface area contributed by atoms with E-state index >= 15 is 0 Å². The summed E-state index contributed by atoms with van der Waals surface area (Å²) in [7, 11) is 1.32. The molecule has 4 rings (SSSR count). The van der Waals surface area contributed by atoms with Crippen LogP contribution in [-0.4, -0.2) is 72.0 Å². The molecule has 0 spiro atoms. The summed E-state index contributed by atoms with van der Waals surface area (Å²) in [4.78, 5) is 43.6. The van der Waals surface area contributed by atoms with E-state index in [1.807, 2.05) is 4.57 Å². The molecule has 10 heteroatoms. The number of carbonyl (C=O) groups is 2. The van der Waals surface area contributed by atoms with Gasteiger partial charge in [0.2, 0.25) is 5.91 Å². The van der Waals surface area contributed by atoms with Crippen molar-refractivity contribution in [3.63, 3.8) is 0 Å². The standard InChI is InChI=1S/C24H30N4O5S/c1-32-23(30)17-6-8-18(9-7-17)25-21(29)16-34-22-19-4-2-3-5-20(19)28(24(31)26-22)11-10-27-12-14-33-15-13-27/h6-9H,2-5,10-16H2,1H3,(H,25,29). The number of thioether (sulfide) groups is 1. The molecule has 0 atom stereocenters. The van der Waals surface area contributed by atoms with Crippen LogP contribution in [0.25, 0.3) is 0 Å². The largest absolute Gasteiger partial charge is 0.465 e. The number of rotatable bonds is 8. The van der Waals surface area contributed by atoms with Crippen molar-refractivity contribution in [2.24, 2.45) is 0 Å². The summed E-state index contributed by atoms with van der Waals surface area (Å²) >= 11 is 1.31.